The number of hydrogen-bond acceptors (Lipinski definition) is 4. The lowest BCUT2D eigenvalue weighted by Crippen LogP contribution is -2.47. The average Bonchev–Trinajstić information content (AvgIpc) is 3.29. The van der Waals surface area contributed by atoms with Crippen LogP contribution in [0.3, 0.4) is 0 Å². The van der Waals surface area contributed by atoms with Crippen molar-refractivity contribution in [2.45, 2.75) is 18.9 Å². The summed E-state index contributed by atoms with van der Waals surface area (Å²) < 4.78 is 6.48. The van der Waals surface area contributed by atoms with Gasteiger partial charge in [-0.25, -0.2) is 0 Å². The van der Waals surface area contributed by atoms with Gasteiger partial charge >= 0.3 is 0 Å². The first-order valence-electron chi connectivity index (χ1n) is 10.5. The normalized spacial score (nSPS) is 17.1. The fraction of sp³-hybridized carbons (Fsp3) is 0.391. The van der Waals surface area contributed by atoms with Gasteiger partial charge in [0.1, 0.15) is 12.3 Å². The van der Waals surface area contributed by atoms with E-state index < -0.39 is 0 Å². The number of ether oxygens (including phenoxy) is 1. The Morgan fingerprint density at radius 1 is 1.16 bits per heavy atom. The molecule has 0 aliphatic carbocycles. The molecule has 1 saturated heterocycles. The summed E-state index contributed by atoms with van der Waals surface area (Å²) in [4.78, 5) is 31.5. The summed E-state index contributed by atoms with van der Waals surface area (Å²) in [7, 11) is 1.80. The Labute approximate surface area is 206 Å². The quantitative estimate of drug-likeness (QED) is 0.529. The van der Waals surface area contributed by atoms with Crippen LogP contribution in [0.4, 0.5) is 5.69 Å². The lowest BCUT2D eigenvalue weighted by Gasteiger charge is -2.35. The van der Waals surface area contributed by atoms with E-state index in [9.17, 15) is 9.59 Å². The Kier molecular flexibility index (Phi) is 7.30. The topological polar surface area (TPSA) is 53.1 Å². The largest absolute Gasteiger partial charge is 0.482 e. The van der Waals surface area contributed by atoms with Crippen LogP contribution >= 0.6 is 39.1 Å². The maximum absolute atomic E-state index is 13.4. The van der Waals surface area contributed by atoms with Gasteiger partial charge in [-0.1, -0.05) is 51.3 Å². The van der Waals surface area contributed by atoms with Crippen LogP contribution in [0, 0.1) is 0 Å². The van der Waals surface area contributed by atoms with Crippen molar-refractivity contribution >= 4 is 56.6 Å². The van der Waals surface area contributed by atoms with Crippen LogP contribution < -0.4 is 9.64 Å². The number of fused-ring (bicyclic) bond motifs is 1. The van der Waals surface area contributed by atoms with Gasteiger partial charge in [-0.3, -0.25) is 14.5 Å². The number of likely N-dealkylation sites (tertiary alicyclic amines) is 1. The number of nitrogens with zero attached hydrogens (tertiary/aromatic N) is 3. The van der Waals surface area contributed by atoms with Crippen molar-refractivity contribution in [3.8, 4) is 5.75 Å². The van der Waals surface area contributed by atoms with Gasteiger partial charge < -0.3 is 14.5 Å². The lowest BCUT2D eigenvalue weighted by atomic mass is 10.0. The first-order chi connectivity index (χ1) is 15.3. The highest BCUT2D eigenvalue weighted by atomic mass is 79.9. The number of anilines is 1. The molecule has 2 aromatic rings. The Morgan fingerprint density at radius 2 is 1.81 bits per heavy atom. The van der Waals surface area contributed by atoms with Crippen LogP contribution in [0.25, 0.3) is 0 Å². The summed E-state index contributed by atoms with van der Waals surface area (Å²) in [6.07, 6.45) is 2.35. The smallest absolute Gasteiger partial charge is 0.265 e. The minimum atomic E-state index is -0.294. The number of halogens is 3. The van der Waals surface area contributed by atoms with Crippen molar-refractivity contribution in [2.24, 2.45) is 0 Å². The zero-order chi connectivity index (χ0) is 22.8. The van der Waals surface area contributed by atoms with Gasteiger partial charge in [-0.15, -0.1) is 0 Å². The highest BCUT2D eigenvalue weighted by molar-refractivity contribution is 9.10. The number of rotatable bonds is 6. The molecular weight excluding hydrogens is 517 g/mol. The van der Waals surface area contributed by atoms with E-state index >= 15 is 0 Å². The zero-order valence-corrected chi connectivity index (χ0v) is 20.8. The predicted octanol–water partition coefficient (Wildman–Crippen LogP) is 4.78. The van der Waals surface area contributed by atoms with E-state index in [0.717, 1.165) is 29.7 Å². The molecule has 0 radical (unpaired) electrons. The summed E-state index contributed by atoms with van der Waals surface area (Å²) in [6.45, 7) is 2.56. The molecule has 2 amide bonds. The molecule has 0 saturated carbocycles. The molecule has 1 fully saturated rings. The fourth-order valence-electron chi connectivity index (χ4n) is 4.14. The van der Waals surface area contributed by atoms with Gasteiger partial charge in [-0.2, -0.15) is 0 Å². The predicted molar refractivity (Wildman–Crippen MR) is 130 cm³/mol. The van der Waals surface area contributed by atoms with Crippen molar-refractivity contribution in [1.29, 1.82) is 0 Å². The van der Waals surface area contributed by atoms with Crippen LogP contribution in [0.15, 0.2) is 40.9 Å². The Morgan fingerprint density at radius 3 is 2.50 bits per heavy atom. The summed E-state index contributed by atoms with van der Waals surface area (Å²) in [5.74, 6) is -0.0160. The Hall–Kier alpha value is -1.80. The van der Waals surface area contributed by atoms with Crippen molar-refractivity contribution < 1.29 is 14.3 Å². The highest BCUT2D eigenvalue weighted by Crippen LogP contribution is 2.39. The maximum Gasteiger partial charge on any atom is 0.265 e. The molecule has 0 spiro atoms. The molecule has 32 heavy (non-hydrogen) atoms. The number of carbonyl (C=O) groups is 2. The number of benzene rings is 2. The molecule has 4 rings (SSSR count). The van der Waals surface area contributed by atoms with Crippen LogP contribution in [-0.4, -0.2) is 61.4 Å². The van der Waals surface area contributed by atoms with E-state index in [2.05, 4.69) is 20.8 Å². The van der Waals surface area contributed by atoms with Crippen molar-refractivity contribution in [1.82, 2.24) is 9.80 Å². The van der Waals surface area contributed by atoms with E-state index in [4.69, 9.17) is 27.9 Å². The third kappa shape index (κ3) is 5.06. The van der Waals surface area contributed by atoms with Crippen LogP contribution in [0.2, 0.25) is 10.0 Å². The summed E-state index contributed by atoms with van der Waals surface area (Å²) in [6, 6.07) is 11.1. The molecule has 6 nitrogen and oxygen atoms in total. The fourth-order valence-corrected chi connectivity index (χ4v) is 4.71. The van der Waals surface area contributed by atoms with Gasteiger partial charge in [-0.05, 0) is 49.7 Å². The number of hydrogen-bond donors (Lipinski definition) is 0. The van der Waals surface area contributed by atoms with Gasteiger partial charge in [0, 0.05) is 24.1 Å². The number of carbonyl (C=O) groups excluding carboxylic acids is 2. The molecule has 9 heteroatoms. The molecular formula is C23H24BrCl2N3O3. The van der Waals surface area contributed by atoms with Crippen molar-refractivity contribution in [3.05, 3.63) is 56.5 Å². The first-order valence-corrected chi connectivity index (χ1v) is 12.0. The minimum absolute atomic E-state index is 0.101. The summed E-state index contributed by atoms with van der Waals surface area (Å²) in [5.41, 5.74) is 1.51. The molecule has 0 N–H and O–H groups in total. The molecule has 2 aliphatic rings. The maximum atomic E-state index is 13.4. The van der Waals surface area contributed by atoms with Gasteiger partial charge in [0.2, 0.25) is 5.91 Å². The van der Waals surface area contributed by atoms with Gasteiger partial charge in [0.25, 0.3) is 5.91 Å². The molecule has 1 atom stereocenters. The van der Waals surface area contributed by atoms with Crippen LogP contribution in [0.5, 0.6) is 5.75 Å². The lowest BCUT2D eigenvalue weighted by molar-refractivity contribution is -0.133. The minimum Gasteiger partial charge on any atom is -0.482 e. The zero-order valence-electron chi connectivity index (χ0n) is 17.7. The average molecular weight is 541 g/mol. The summed E-state index contributed by atoms with van der Waals surface area (Å²) >= 11 is 15.7. The second-order valence-corrected chi connectivity index (χ2v) is 9.81. The third-order valence-electron chi connectivity index (χ3n) is 5.98. The second-order valence-electron chi connectivity index (χ2n) is 8.08. The third-order valence-corrected chi connectivity index (χ3v) is 7.23. The van der Waals surface area contributed by atoms with E-state index in [1.54, 1.807) is 24.1 Å². The van der Waals surface area contributed by atoms with E-state index in [0.29, 0.717) is 21.5 Å². The molecule has 170 valence electrons. The van der Waals surface area contributed by atoms with E-state index in [-0.39, 0.29) is 31.0 Å². The SMILES string of the molecule is CN(C(=O)CN1C(=O)COc2cc(Cl)c(Cl)cc21)C(CN1CCCC1)c1ccc(Br)cc1. The summed E-state index contributed by atoms with van der Waals surface area (Å²) in [5, 5.41) is 0.639. The Balaban J connectivity index is 1.57. The Bertz CT molecular complexity index is 1010. The highest BCUT2D eigenvalue weighted by Gasteiger charge is 2.32. The molecule has 0 aromatic heterocycles. The monoisotopic (exact) mass is 539 g/mol. The second kappa shape index (κ2) is 10.00. The molecule has 0 bridgehead atoms. The molecule has 2 heterocycles. The first kappa shape index (κ1) is 23.4. The molecule has 1 unspecified atom stereocenters. The van der Waals surface area contributed by atoms with Crippen molar-refractivity contribution in [2.75, 3.05) is 44.7 Å². The standard InChI is InChI=1S/C23H24BrCl2N3O3/c1-27(20(12-28-8-2-3-9-28)15-4-6-16(24)7-5-15)22(30)13-29-19-10-17(25)18(26)11-21(19)32-14-23(29)31/h4-7,10-11,20H,2-3,8-9,12-14H2,1H3. The number of likely N-dealkylation sites (N-methyl/N-ethyl adjacent to an activating group) is 1. The van der Waals surface area contributed by atoms with E-state index in [1.165, 1.54) is 17.7 Å². The van der Waals surface area contributed by atoms with Gasteiger partial charge in [0.15, 0.2) is 6.61 Å². The van der Waals surface area contributed by atoms with Crippen LogP contribution in [-0.2, 0) is 9.59 Å². The van der Waals surface area contributed by atoms with Gasteiger partial charge in [0.05, 0.1) is 21.8 Å². The van der Waals surface area contributed by atoms with Crippen molar-refractivity contribution in [3.63, 3.8) is 0 Å². The van der Waals surface area contributed by atoms with Crippen LogP contribution in [0.1, 0.15) is 24.4 Å². The van der Waals surface area contributed by atoms with E-state index in [1.807, 2.05) is 24.3 Å². The number of amides is 2. The molecule has 2 aliphatic heterocycles. The molecule has 2 aromatic carbocycles.